The van der Waals surface area contributed by atoms with Crippen LogP contribution in [0.1, 0.15) is 24.3 Å². The molecule has 0 bridgehead atoms. The fourth-order valence-corrected chi connectivity index (χ4v) is 3.34. The molecule has 1 aromatic carbocycles. The van der Waals surface area contributed by atoms with Gasteiger partial charge in [0.15, 0.2) is 0 Å². The van der Waals surface area contributed by atoms with Crippen LogP contribution in [0.25, 0.3) is 11.4 Å². The maximum Gasteiger partial charge on any atom is 0.317 e. The van der Waals surface area contributed by atoms with Crippen LogP contribution in [0.2, 0.25) is 0 Å². The second-order valence-corrected chi connectivity index (χ2v) is 6.83. The molecule has 0 saturated carbocycles. The highest BCUT2D eigenvalue weighted by molar-refractivity contribution is 5.74. The fraction of sp³-hybridized carbons (Fsp3) is 0.300. The lowest BCUT2D eigenvalue weighted by atomic mass is 9.98. The van der Waals surface area contributed by atoms with E-state index in [2.05, 4.69) is 27.4 Å². The van der Waals surface area contributed by atoms with Crippen molar-refractivity contribution in [1.82, 2.24) is 25.3 Å². The lowest BCUT2D eigenvalue weighted by Gasteiger charge is -2.16. The van der Waals surface area contributed by atoms with E-state index in [1.807, 2.05) is 47.4 Å². The zero-order valence-electron chi connectivity index (χ0n) is 15.1. The number of hydrogen-bond acceptors (Lipinski definition) is 5. The second kappa shape index (κ2) is 7.57. The highest BCUT2D eigenvalue weighted by Gasteiger charge is 2.37. The van der Waals surface area contributed by atoms with Gasteiger partial charge in [0.1, 0.15) is 0 Å². The quantitative estimate of drug-likeness (QED) is 0.770. The first-order chi connectivity index (χ1) is 13.2. The van der Waals surface area contributed by atoms with Crippen LogP contribution in [0.5, 0.6) is 0 Å². The van der Waals surface area contributed by atoms with Crippen LogP contribution in [0, 0.1) is 5.92 Å². The first kappa shape index (κ1) is 17.2. The van der Waals surface area contributed by atoms with Crippen LogP contribution in [0.15, 0.2) is 59.4 Å². The number of nitrogens with one attached hydrogen (secondary N) is 1. The van der Waals surface area contributed by atoms with Gasteiger partial charge in [-0.25, -0.2) is 4.79 Å². The van der Waals surface area contributed by atoms with Crippen molar-refractivity contribution in [2.24, 2.45) is 5.92 Å². The Kier molecular flexibility index (Phi) is 4.82. The van der Waals surface area contributed by atoms with Gasteiger partial charge in [-0.15, -0.1) is 0 Å². The molecule has 7 heteroatoms. The molecule has 2 aromatic heterocycles. The minimum Gasteiger partial charge on any atom is -0.339 e. The molecule has 0 spiro atoms. The van der Waals surface area contributed by atoms with Gasteiger partial charge in [-0.05, 0) is 23.6 Å². The molecular weight excluding hydrogens is 342 g/mol. The van der Waals surface area contributed by atoms with Gasteiger partial charge in [0.2, 0.25) is 11.7 Å². The second-order valence-electron chi connectivity index (χ2n) is 6.83. The number of amides is 2. The normalized spacial score (nSPS) is 19.2. The van der Waals surface area contributed by atoms with Crippen molar-refractivity contribution in [3.05, 3.63) is 66.3 Å². The van der Waals surface area contributed by atoms with Crippen LogP contribution < -0.4 is 5.32 Å². The van der Waals surface area contributed by atoms with Crippen LogP contribution in [-0.2, 0) is 6.54 Å². The van der Waals surface area contributed by atoms with Crippen molar-refractivity contribution in [3.8, 4) is 11.4 Å². The molecule has 0 unspecified atom stereocenters. The molecule has 4 rings (SSSR count). The highest BCUT2D eigenvalue weighted by Crippen LogP contribution is 2.32. The third-order valence-corrected chi connectivity index (χ3v) is 4.88. The molecule has 0 radical (unpaired) electrons. The number of nitrogens with zero attached hydrogens (tertiary/aromatic N) is 4. The van der Waals surface area contributed by atoms with Gasteiger partial charge < -0.3 is 14.7 Å². The van der Waals surface area contributed by atoms with E-state index in [0.29, 0.717) is 31.3 Å². The number of rotatable bonds is 4. The number of likely N-dealkylation sites (tertiary alicyclic amines) is 1. The fourth-order valence-electron chi connectivity index (χ4n) is 3.34. The monoisotopic (exact) mass is 363 g/mol. The van der Waals surface area contributed by atoms with Crippen molar-refractivity contribution < 1.29 is 9.32 Å². The number of hydrogen-bond donors (Lipinski definition) is 1. The lowest BCUT2D eigenvalue weighted by Crippen LogP contribution is -2.38. The molecule has 1 fully saturated rings. The smallest absolute Gasteiger partial charge is 0.317 e. The van der Waals surface area contributed by atoms with E-state index < -0.39 is 0 Å². The van der Waals surface area contributed by atoms with E-state index >= 15 is 0 Å². The maximum absolute atomic E-state index is 12.5. The molecule has 7 nitrogen and oxygen atoms in total. The summed E-state index contributed by atoms with van der Waals surface area (Å²) in [5.74, 6) is 1.41. The Balaban J connectivity index is 1.39. The summed E-state index contributed by atoms with van der Waals surface area (Å²) in [5, 5.41) is 7.06. The summed E-state index contributed by atoms with van der Waals surface area (Å²) in [6, 6.07) is 13.5. The van der Waals surface area contributed by atoms with Crippen LogP contribution in [0.4, 0.5) is 4.79 Å². The average Bonchev–Trinajstić information content (AvgIpc) is 3.34. The number of carbonyl (C=O) groups excluding carboxylic acids is 1. The molecule has 0 aliphatic carbocycles. The molecule has 27 heavy (non-hydrogen) atoms. The topological polar surface area (TPSA) is 84.2 Å². The van der Waals surface area contributed by atoms with Crippen molar-refractivity contribution >= 4 is 6.03 Å². The van der Waals surface area contributed by atoms with Crippen molar-refractivity contribution in [2.75, 3.05) is 13.1 Å². The van der Waals surface area contributed by atoms with Gasteiger partial charge in [0.25, 0.3) is 0 Å². The zero-order valence-corrected chi connectivity index (χ0v) is 15.1. The van der Waals surface area contributed by atoms with Crippen molar-refractivity contribution in [3.63, 3.8) is 0 Å². The van der Waals surface area contributed by atoms with Crippen LogP contribution in [0.3, 0.4) is 0 Å². The molecule has 3 heterocycles. The lowest BCUT2D eigenvalue weighted by molar-refractivity contribution is 0.206. The summed E-state index contributed by atoms with van der Waals surface area (Å²) in [5.41, 5.74) is 1.94. The molecule has 1 N–H and O–H groups in total. The van der Waals surface area contributed by atoms with Gasteiger partial charge in [0.05, 0.1) is 5.92 Å². The molecular formula is C20H21N5O2. The number of aromatic nitrogens is 3. The molecule has 1 saturated heterocycles. The predicted molar refractivity (Wildman–Crippen MR) is 99.7 cm³/mol. The van der Waals surface area contributed by atoms with Crippen molar-refractivity contribution in [2.45, 2.75) is 19.4 Å². The first-order valence-electron chi connectivity index (χ1n) is 9.01. The Labute approximate surface area is 157 Å². The van der Waals surface area contributed by atoms with Gasteiger partial charge in [0, 0.05) is 37.6 Å². The average molecular weight is 363 g/mol. The number of carbonyl (C=O) groups is 1. The number of pyridine rings is 1. The Bertz CT molecular complexity index is 897. The minimum absolute atomic E-state index is 0.0376. The molecule has 1 aliphatic rings. The summed E-state index contributed by atoms with van der Waals surface area (Å²) >= 11 is 0. The largest absolute Gasteiger partial charge is 0.339 e. The first-order valence-corrected chi connectivity index (χ1v) is 9.01. The van der Waals surface area contributed by atoms with E-state index in [-0.39, 0.29) is 17.9 Å². The van der Waals surface area contributed by atoms with Crippen LogP contribution >= 0.6 is 0 Å². The molecule has 138 valence electrons. The summed E-state index contributed by atoms with van der Waals surface area (Å²) in [4.78, 5) is 22.9. The highest BCUT2D eigenvalue weighted by atomic mass is 16.5. The van der Waals surface area contributed by atoms with Gasteiger partial charge in [-0.3, -0.25) is 4.98 Å². The Morgan fingerprint density at radius 1 is 1.19 bits per heavy atom. The Morgan fingerprint density at radius 3 is 2.74 bits per heavy atom. The SMILES string of the molecule is C[C@H]1CN(C(=O)NCc2ccccc2)C[C@@H]1c1nc(-c2ccncc2)no1. The minimum atomic E-state index is -0.0675. The summed E-state index contributed by atoms with van der Waals surface area (Å²) in [6.45, 7) is 3.85. The standard InChI is InChI=1S/C20H21N5O2/c1-14-12-25(20(26)22-11-15-5-3-2-4-6-15)13-17(14)19-23-18(24-27-19)16-7-9-21-10-8-16/h2-10,14,17H,11-13H2,1H3,(H,22,26)/t14-,17-/m0/s1. The maximum atomic E-state index is 12.5. The number of benzene rings is 1. The van der Waals surface area contributed by atoms with E-state index in [0.717, 1.165) is 11.1 Å². The van der Waals surface area contributed by atoms with Gasteiger partial charge in [-0.1, -0.05) is 42.4 Å². The summed E-state index contributed by atoms with van der Waals surface area (Å²) in [6.07, 6.45) is 3.39. The van der Waals surface area contributed by atoms with Crippen LogP contribution in [-0.4, -0.2) is 39.1 Å². The van der Waals surface area contributed by atoms with Gasteiger partial charge in [-0.2, -0.15) is 4.98 Å². The third-order valence-electron chi connectivity index (χ3n) is 4.88. The van der Waals surface area contributed by atoms with Gasteiger partial charge >= 0.3 is 6.03 Å². The Hall–Kier alpha value is -3.22. The molecule has 1 aliphatic heterocycles. The predicted octanol–water partition coefficient (Wildman–Crippen LogP) is 3.08. The number of urea groups is 1. The van der Waals surface area contributed by atoms with E-state index in [1.165, 1.54) is 0 Å². The third kappa shape index (κ3) is 3.81. The van der Waals surface area contributed by atoms with E-state index in [1.54, 1.807) is 12.4 Å². The summed E-state index contributed by atoms with van der Waals surface area (Å²) in [7, 11) is 0. The summed E-state index contributed by atoms with van der Waals surface area (Å²) < 4.78 is 5.49. The zero-order chi connectivity index (χ0) is 18.6. The van der Waals surface area contributed by atoms with E-state index in [4.69, 9.17) is 4.52 Å². The molecule has 2 atom stereocenters. The van der Waals surface area contributed by atoms with Crippen molar-refractivity contribution in [1.29, 1.82) is 0 Å². The van der Waals surface area contributed by atoms with E-state index in [9.17, 15) is 4.79 Å². The molecule has 2 amide bonds. The molecule has 3 aromatic rings. The Morgan fingerprint density at radius 2 is 1.96 bits per heavy atom.